The lowest BCUT2D eigenvalue weighted by atomic mass is 10.0. The van der Waals surface area contributed by atoms with Crippen LogP contribution in [0.2, 0.25) is 0 Å². The van der Waals surface area contributed by atoms with E-state index in [2.05, 4.69) is 15.6 Å². The predicted octanol–water partition coefficient (Wildman–Crippen LogP) is 2.94. The second kappa shape index (κ2) is 14.1. The Labute approximate surface area is 232 Å². The Morgan fingerprint density at radius 1 is 1.22 bits per heavy atom. The van der Waals surface area contributed by atoms with Crippen molar-refractivity contribution in [3.63, 3.8) is 0 Å². The molecule has 224 valence electrons. The highest BCUT2D eigenvalue weighted by Crippen LogP contribution is 2.28. The smallest absolute Gasteiger partial charge is 0.393 e. The summed E-state index contributed by atoms with van der Waals surface area (Å²) in [6, 6.07) is 4.46. The molecule has 2 aromatic heterocycles. The first-order valence-electron chi connectivity index (χ1n) is 13.0. The molecular weight excluding hydrogens is 553 g/mol. The van der Waals surface area contributed by atoms with Gasteiger partial charge in [0.15, 0.2) is 0 Å². The highest BCUT2D eigenvalue weighted by molar-refractivity contribution is 5.92. The summed E-state index contributed by atoms with van der Waals surface area (Å²) in [6.07, 6.45) is -0.0247. The fourth-order valence-electron chi connectivity index (χ4n) is 4.40. The lowest BCUT2D eigenvalue weighted by Crippen LogP contribution is -2.36. The maximum atomic E-state index is 14.5. The van der Waals surface area contributed by atoms with Crippen LogP contribution in [-0.4, -0.2) is 39.1 Å². The van der Waals surface area contributed by atoms with Crippen molar-refractivity contribution in [2.45, 2.75) is 64.0 Å². The second-order valence-electron chi connectivity index (χ2n) is 9.81. The first kappa shape index (κ1) is 31.5. The lowest BCUT2D eigenvalue weighted by molar-refractivity contribution is -0.141. The molecule has 3 rings (SSSR count). The van der Waals surface area contributed by atoms with Crippen LogP contribution in [-0.2, 0) is 28.9 Å². The van der Waals surface area contributed by atoms with Gasteiger partial charge in [0.2, 0.25) is 11.7 Å². The van der Waals surface area contributed by atoms with Gasteiger partial charge in [0.1, 0.15) is 17.6 Å². The van der Waals surface area contributed by atoms with Crippen molar-refractivity contribution in [1.82, 2.24) is 19.9 Å². The van der Waals surface area contributed by atoms with Gasteiger partial charge in [-0.2, -0.15) is 17.6 Å². The summed E-state index contributed by atoms with van der Waals surface area (Å²) in [5, 5.41) is 5.52. The number of aryl methyl sites for hydroxylation is 1. The summed E-state index contributed by atoms with van der Waals surface area (Å²) >= 11 is 0. The van der Waals surface area contributed by atoms with E-state index in [1.165, 1.54) is 18.3 Å². The zero-order valence-corrected chi connectivity index (χ0v) is 22.1. The number of aromatic nitrogens is 2. The van der Waals surface area contributed by atoms with Crippen LogP contribution in [0, 0.1) is 11.7 Å². The Kier molecular flexibility index (Phi) is 10.8. The molecule has 15 heteroatoms. The largest absolute Gasteiger partial charge is 0.433 e. The number of nitrogens with one attached hydrogen (secondary N) is 2. The quantitative estimate of drug-likeness (QED) is 0.130. The van der Waals surface area contributed by atoms with Crippen molar-refractivity contribution >= 4 is 17.5 Å². The summed E-state index contributed by atoms with van der Waals surface area (Å²) in [6.45, 7) is -0.970. The molecule has 1 fully saturated rings. The van der Waals surface area contributed by atoms with E-state index in [0.29, 0.717) is 0 Å². The van der Waals surface area contributed by atoms with E-state index in [1.807, 2.05) is 0 Å². The van der Waals surface area contributed by atoms with Crippen molar-refractivity contribution < 1.29 is 31.5 Å². The van der Waals surface area contributed by atoms with Gasteiger partial charge in [-0.3, -0.25) is 14.4 Å². The summed E-state index contributed by atoms with van der Waals surface area (Å²) < 4.78 is 68.3. The predicted molar refractivity (Wildman–Crippen MR) is 140 cm³/mol. The zero-order valence-electron chi connectivity index (χ0n) is 22.1. The number of anilines is 1. The average molecular weight is 586 g/mol. The van der Waals surface area contributed by atoms with Gasteiger partial charge in [-0.15, -0.1) is 0 Å². The minimum atomic E-state index is -4.64. The number of nitrogens with zero attached hydrogens (tertiary/aromatic N) is 3. The number of alkyl halides is 4. The molecule has 0 radical (unpaired) electrons. The Hall–Kier alpha value is -4.01. The van der Waals surface area contributed by atoms with Crippen molar-refractivity contribution in [1.29, 1.82) is 0 Å². The number of amides is 2. The molecule has 41 heavy (non-hydrogen) atoms. The van der Waals surface area contributed by atoms with E-state index in [0.717, 1.165) is 53.6 Å². The van der Waals surface area contributed by atoms with Crippen molar-refractivity contribution in [3.8, 4) is 0 Å². The molecule has 1 atom stereocenters. The number of halogens is 5. The maximum absolute atomic E-state index is 14.5. The second-order valence-corrected chi connectivity index (χ2v) is 9.81. The Morgan fingerprint density at radius 2 is 1.93 bits per heavy atom. The SMILES string of the molecule is N/C(=C\N(N)CC(F)CCn1ccc(NC(=O)CC2CCCC2)c(F)c1=O)C(=O)NCc1cccc(C(F)(F)F)n1. The van der Waals surface area contributed by atoms with E-state index in [1.54, 1.807) is 0 Å². The highest BCUT2D eigenvalue weighted by Gasteiger charge is 2.32. The van der Waals surface area contributed by atoms with Gasteiger partial charge in [-0.25, -0.2) is 15.2 Å². The first-order chi connectivity index (χ1) is 19.3. The molecule has 10 nitrogen and oxygen atoms in total. The van der Waals surface area contributed by atoms with Gasteiger partial charge >= 0.3 is 6.18 Å². The van der Waals surface area contributed by atoms with Gasteiger partial charge in [0.25, 0.3) is 11.5 Å². The van der Waals surface area contributed by atoms with E-state index in [-0.39, 0.29) is 49.1 Å². The van der Waals surface area contributed by atoms with E-state index in [9.17, 15) is 36.3 Å². The molecule has 2 aromatic rings. The fraction of sp³-hybridized carbons (Fsp3) is 0.462. The topological polar surface area (TPSA) is 148 Å². The molecule has 6 N–H and O–H groups in total. The molecule has 0 spiro atoms. The Bertz CT molecular complexity index is 1310. The van der Waals surface area contributed by atoms with E-state index < -0.39 is 47.6 Å². The number of hydrogen-bond donors (Lipinski definition) is 4. The molecule has 0 aromatic carbocycles. The van der Waals surface area contributed by atoms with Crippen LogP contribution in [0.4, 0.5) is 27.6 Å². The summed E-state index contributed by atoms with van der Waals surface area (Å²) in [4.78, 5) is 40.1. The first-order valence-corrected chi connectivity index (χ1v) is 13.0. The lowest BCUT2D eigenvalue weighted by Gasteiger charge is -2.18. The monoisotopic (exact) mass is 585 g/mol. The number of rotatable bonds is 12. The zero-order chi connectivity index (χ0) is 30.2. The van der Waals surface area contributed by atoms with Crippen molar-refractivity contribution in [3.05, 3.63) is 69.9 Å². The van der Waals surface area contributed by atoms with Gasteiger partial charge in [-0.1, -0.05) is 18.9 Å². The fourth-order valence-corrected chi connectivity index (χ4v) is 4.40. The Morgan fingerprint density at radius 3 is 2.61 bits per heavy atom. The van der Waals surface area contributed by atoms with Gasteiger partial charge in [0, 0.05) is 25.4 Å². The summed E-state index contributed by atoms with van der Waals surface area (Å²) in [5.74, 6) is 3.56. The van der Waals surface area contributed by atoms with Gasteiger partial charge in [0.05, 0.1) is 24.5 Å². The van der Waals surface area contributed by atoms with E-state index >= 15 is 0 Å². The number of hydrogen-bond acceptors (Lipinski definition) is 7. The normalized spacial score (nSPS) is 15.0. The average Bonchev–Trinajstić information content (AvgIpc) is 3.42. The number of carbonyl (C=O) groups excluding carboxylic acids is 2. The maximum Gasteiger partial charge on any atom is 0.433 e. The molecule has 1 aliphatic carbocycles. The molecule has 0 aliphatic heterocycles. The molecule has 2 amide bonds. The molecule has 2 heterocycles. The third-order valence-corrected chi connectivity index (χ3v) is 6.52. The van der Waals surface area contributed by atoms with Crippen LogP contribution in [0.5, 0.6) is 0 Å². The summed E-state index contributed by atoms with van der Waals surface area (Å²) in [5.41, 5.74) is 2.79. The molecule has 1 aliphatic rings. The number of nitrogens with two attached hydrogens (primary N) is 2. The number of pyridine rings is 2. The van der Waals surface area contributed by atoms with Crippen LogP contribution in [0.3, 0.4) is 0 Å². The van der Waals surface area contributed by atoms with Crippen LogP contribution in [0.1, 0.15) is 49.9 Å². The van der Waals surface area contributed by atoms with E-state index in [4.69, 9.17) is 11.6 Å². The number of carbonyl (C=O) groups is 2. The van der Waals surface area contributed by atoms with Crippen LogP contribution in [0.15, 0.2) is 47.2 Å². The molecule has 0 bridgehead atoms. The molecule has 1 saturated carbocycles. The van der Waals surface area contributed by atoms with Crippen molar-refractivity contribution in [2.75, 3.05) is 11.9 Å². The highest BCUT2D eigenvalue weighted by atomic mass is 19.4. The third kappa shape index (κ3) is 9.55. The van der Waals surface area contributed by atoms with Crippen LogP contribution < -0.4 is 27.8 Å². The minimum absolute atomic E-state index is 0.0550. The van der Waals surface area contributed by atoms with Gasteiger partial charge < -0.3 is 25.9 Å². The molecule has 1 unspecified atom stereocenters. The van der Waals surface area contributed by atoms with Crippen LogP contribution in [0.25, 0.3) is 0 Å². The standard InChI is InChI=1S/C26H32F5N7O3/c27-17(8-10-37-11-9-20(23(28)25(37)41)36-22(39)12-16-4-1-2-5-16)14-38(33)15-19(32)24(40)34-13-18-6-3-7-21(35-18)26(29,30)31/h3,6-7,9,11,15-17H,1-2,4-5,8,10,12-14,32-33H2,(H,34,40)(H,36,39)/b19-15-. The number of hydrazine groups is 1. The summed E-state index contributed by atoms with van der Waals surface area (Å²) in [7, 11) is 0. The van der Waals surface area contributed by atoms with Crippen LogP contribution >= 0.6 is 0 Å². The molecular formula is C26H32F5N7O3. The van der Waals surface area contributed by atoms with Gasteiger partial charge in [-0.05, 0) is 43.4 Å². The Balaban J connectivity index is 1.46. The minimum Gasteiger partial charge on any atom is -0.393 e. The third-order valence-electron chi connectivity index (χ3n) is 6.52. The molecule has 0 saturated heterocycles. The van der Waals surface area contributed by atoms with Crippen molar-refractivity contribution in [2.24, 2.45) is 17.5 Å².